The summed E-state index contributed by atoms with van der Waals surface area (Å²) in [6, 6.07) is 6.52. The molecule has 1 unspecified atom stereocenters. The normalized spacial score (nSPS) is 16.6. The molecule has 2 rings (SSSR count). The lowest BCUT2D eigenvalue weighted by molar-refractivity contribution is -0.150. The maximum atomic E-state index is 12.7. The van der Waals surface area contributed by atoms with Gasteiger partial charge < -0.3 is 19.7 Å². The first-order chi connectivity index (χ1) is 14.0. The Bertz CT molecular complexity index is 714. The molecule has 0 radical (unpaired) electrons. The molecule has 1 aromatic rings. The summed E-state index contributed by atoms with van der Waals surface area (Å²) in [5.41, 5.74) is 0.843. The van der Waals surface area contributed by atoms with Crippen LogP contribution in [0.25, 0.3) is 6.08 Å². The molecule has 158 valence electrons. The number of rotatable bonds is 10. The van der Waals surface area contributed by atoms with Crippen molar-refractivity contribution in [2.75, 3.05) is 26.3 Å². The molecule has 7 nitrogen and oxygen atoms in total. The van der Waals surface area contributed by atoms with E-state index in [0.717, 1.165) is 30.6 Å². The second-order valence-corrected chi connectivity index (χ2v) is 6.81. The van der Waals surface area contributed by atoms with Crippen molar-refractivity contribution >= 4 is 23.9 Å². The van der Waals surface area contributed by atoms with Crippen molar-refractivity contribution in [1.29, 1.82) is 0 Å². The van der Waals surface area contributed by atoms with E-state index in [1.54, 1.807) is 6.08 Å². The molecule has 0 bridgehead atoms. The highest BCUT2D eigenvalue weighted by atomic mass is 16.5. The van der Waals surface area contributed by atoms with Crippen LogP contribution in [0.4, 0.5) is 0 Å². The van der Waals surface area contributed by atoms with Gasteiger partial charge in [0.25, 0.3) is 0 Å². The Balaban J connectivity index is 1.96. The third-order valence-corrected chi connectivity index (χ3v) is 4.59. The fourth-order valence-electron chi connectivity index (χ4n) is 3.04. The van der Waals surface area contributed by atoms with Gasteiger partial charge in [-0.15, -0.1) is 0 Å². The van der Waals surface area contributed by atoms with Crippen molar-refractivity contribution in [3.05, 3.63) is 35.9 Å². The summed E-state index contributed by atoms with van der Waals surface area (Å²) in [4.78, 5) is 38.4. The second-order valence-electron chi connectivity index (χ2n) is 6.81. The van der Waals surface area contributed by atoms with Gasteiger partial charge in [-0.1, -0.05) is 31.9 Å². The number of piperazine rings is 1. The first-order valence-electron chi connectivity index (χ1n) is 10.2. The van der Waals surface area contributed by atoms with Gasteiger partial charge in [0, 0.05) is 19.2 Å². The Kier molecular flexibility index (Phi) is 9.21. The van der Waals surface area contributed by atoms with Crippen molar-refractivity contribution < 1.29 is 23.9 Å². The fraction of sp³-hybridized carbons (Fsp3) is 0.500. The highest BCUT2D eigenvalue weighted by Gasteiger charge is 2.34. The molecule has 29 heavy (non-hydrogen) atoms. The topological polar surface area (TPSA) is 84.9 Å². The Morgan fingerprint density at radius 2 is 1.97 bits per heavy atom. The number of benzene rings is 1. The SMILES string of the molecule is CCCCCOC(=O)CC1C(=O)NCCN1C(=O)/C=C/c1ccc(OCC)cc1. The zero-order chi connectivity index (χ0) is 21.1. The smallest absolute Gasteiger partial charge is 0.308 e. The average Bonchev–Trinajstić information content (AvgIpc) is 2.72. The number of nitrogens with one attached hydrogen (secondary N) is 1. The monoisotopic (exact) mass is 402 g/mol. The number of carbonyl (C=O) groups is 3. The highest BCUT2D eigenvalue weighted by Crippen LogP contribution is 2.15. The van der Waals surface area contributed by atoms with Gasteiger partial charge in [0.05, 0.1) is 19.6 Å². The predicted octanol–water partition coefficient (Wildman–Crippen LogP) is 2.55. The second kappa shape index (κ2) is 11.9. The first-order valence-corrected chi connectivity index (χ1v) is 10.2. The van der Waals surface area contributed by atoms with Crippen molar-refractivity contribution in [2.24, 2.45) is 0 Å². The van der Waals surface area contributed by atoms with Crippen LogP contribution in [0.3, 0.4) is 0 Å². The Morgan fingerprint density at radius 3 is 2.66 bits per heavy atom. The number of amides is 2. The third kappa shape index (κ3) is 7.25. The molecule has 0 aliphatic carbocycles. The van der Waals surface area contributed by atoms with Gasteiger partial charge in [-0.05, 0) is 37.1 Å². The van der Waals surface area contributed by atoms with Gasteiger partial charge in [-0.2, -0.15) is 0 Å². The average molecular weight is 402 g/mol. The molecule has 7 heteroatoms. The Labute approximate surface area is 172 Å². The molecule has 1 fully saturated rings. The lowest BCUT2D eigenvalue weighted by atomic mass is 10.1. The lowest BCUT2D eigenvalue weighted by Gasteiger charge is -2.33. The Morgan fingerprint density at radius 1 is 1.21 bits per heavy atom. The van der Waals surface area contributed by atoms with E-state index < -0.39 is 12.0 Å². The quantitative estimate of drug-likeness (QED) is 0.369. The van der Waals surface area contributed by atoms with Crippen molar-refractivity contribution in [3.8, 4) is 5.75 Å². The minimum atomic E-state index is -0.847. The molecule has 1 aliphatic rings. The van der Waals surface area contributed by atoms with Gasteiger partial charge in [-0.25, -0.2) is 0 Å². The molecule has 1 saturated heterocycles. The third-order valence-electron chi connectivity index (χ3n) is 4.59. The molecule has 2 amide bonds. The van der Waals surface area contributed by atoms with E-state index in [9.17, 15) is 14.4 Å². The van der Waals surface area contributed by atoms with Crippen LogP contribution in [0.2, 0.25) is 0 Å². The van der Waals surface area contributed by atoms with Crippen LogP contribution >= 0.6 is 0 Å². The summed E-state index contributed by atoms with van der Waals surface area (Å²) in [6.45, 7) is 5.63. The zero-order valence-electron chi connectivity index (χ0n) is 17.2. The van der Waals surface area contributed by atoms with Gasteiger partial charge in [-0.3, -0.25) is 14.4 Å². The fourth-order valence-corrected chi connectivity index (χ4v) is 3.04. The van der Waals surface area contributed by atoms with E-state index >= 15 is 0 Å². The van der Waals surface area contributed by atoms with E-state index in [1.807, 2.05) is 31.2 Å². The molecule has 0 aromatic heterocycles. The van der Waals surface area contributed by atoms with Crippen LogP contribution < -0.4 is 10.1 Å². The minimum absolute atomic E-state index is 0.138. The van der Waals surface area contributed by atoms with E-state index in [-0.39, 0.29) is 18.2 Å². The van der Waals surface area contributed by atoms with Gasteiger partial charge in [0.2, 0.25) is 11.8 Å². The molecule has 1 heterocycles. The Hall–Kier alpha value is -2.83. The maximum Gasteiger partial charge on any atom is 0.308 e. The van der Waals surface area contributed by atoms with Crippen LogP contribution in [-0.2, 0) is 19.1 Å². The van der Waals surface area contributed by atoms with Crippen LogP contribution in [0, 0.1) is 0 Å². The van der Waals surface area contributed by atoms with Crippen molar-refractivity contribution in [3.63, 3.8) is 0 Å². The summed E-state index contributed by atoms with van der Waals surface area (Å²) < 4.78 is 10.6. The minimum Gasteiger partial charge on any atom is -0.494 e. The van der Waals surface area contributed by atoms with Crippen LogP contribution in [0.5, 0.6) is 5.75 Å². The zero-order valence-corrected chi connectivity index (χ0v) is 17.2. The largest absolute Gasteiger partial charge is 0.494 e. The van der Waals surface area contributed by atoms with Crippen LogP contribution in [-0.4, -0.2) is 55.0 Å². The van der Waals surface area contributed by atoms with E-state index in [0.29, 0.717) is 26.3 Å². The first kappa shape index (κ1) is 22.5. The number of esters is 1. The van der Waals surface area contributed by atoms with Crippen molar-refractivity contribution in [2.45, 2.75) is 45.6 Å². The predicted molar refractivity (Wildman–Crippen MR) is 110 cm³/mol. The number of ether oxygens (including phenoxy) is 2. The molecular weight excluding hydrogens is 372 g/mol. The van der Waals surface area contributed by atoms with E-state index in [4.69, 9.17) is 9.47 Å². The molecule has 1 atom stereocenters. The van der Waals surface area contributed by atoms with Gasteiger partial charge in [0.15, 0.2) is 0 Å². The summed E-state index contributed by atoms with van der Waals surface area (Å²) >= 11 is 0. The lowest BCUT2D eigenvalue weighted by Crippen LogP contribution is -2.57. The maximum absolute atomic E-state index is 12.7. The summed E-state index contributed by atoms with van der Waals surface area (Å²) in [7, 11) is 0. The van der Waals surface area contributed by atoms with Crippen LogP contribution in [0.15, 0.2) is 30.3 Å². The van der Waals surface area contributed by atoms with E-state index in [2.05, 4.69) is 12.2 Å². The molecule has 0 saturated carbocycles. The standard InChI is InChI=1S/C22H30N2O5/c1-3-5-6-15-29-21(26)16-19-22(27)23-13-14-24(19)20(25)12-9-17-7-10-18(11-8-17)28-4-2/h7-12,19H,3-6,13-16H2,1-2H3,(H,23,27)/b12-9+. The molecule has 1 N–H and O–H groups in total. The molecular formula is C22H30N2O5. The number of hydrogen-bond donors (Lipinski definition) is 1. The van der Waals surface area contributed by atoms with Crippen molar-refractivity contribution in [1.82, 2.24) is 10.2 Å². The summed E-state index contributed by atoms with van der Waals surface area (Å²) in [5, 5.41) is 2.71. The highest BCUT2D eigenvalue weighted by molar-refractivity contribution is 5.97. The van der Waals surface area contributed by atoms with E-state index in [1.165, 1.54) is 11.0 Å². The van der Waals surface area contributed by atoms with Gasteiger partial charge in [0.1, 0.15) is 11.8 Å². The number of hydrogen-bond acceptors (Lipinski definition) is 5. The molecule has 1 aliphatic heterocycles. The van der Waals surface area contributed by atoms with Gasteiger partial charge >= 0.3 is 5.97 Å². The summed E-state index contributed by atoms with van der Waals surface area (Å²) in [5.74, 6) is -0.334. The number of nitrogens with zero attached hydrogens (tertiary/aromatic N) is 1. The molecule has 1 aromatic carbocycles. The summed E-state index contributed by atoms with van der Waals surface area (Å²) in [6.07, 6.45) is 5.79. The van der Waals surface area contributed by atoms with Crippen LogP contribution in [0.1, 0.15) is 45.1 Å². The number of carbonyl (C=O) groups excluding carboxylic acids is 3. The number of unbranched alkanes of at least 4 members (excludes halogenated alkanes) is 2. The molecule has 0 spiro atoms.